The number of carbonyl (C=O) groups excluding carboxylic acids is 3. The Labute approximate surface area is 206 Å². The van der Waals surface area contributed by atoms with Crippen LogP contribution in [0.5, 0.6) is 5.75 Å². The maximum absolute atomic E-state index is 14.4. The van der Waals surface area contributed by atoms with E-state index < -0.39 is 41.0 Å². The number of phenolic OH excluding ortho intramolecular Hbond substituents is 1. The molecule has 2 fully saturated rings. The number of carbonyl (C=O) groups is 3. The minimum Gasteiger partial charge on any atom is -0.508 e. The number of anilines is 2. The lowest BCUT2D eigenvalue weighted by atomic mass is 9.76. The highest BCUT2D eigenvalue weighted by atomic mass is 19.1. The molecule has 3 heterocycles. The summed E-state index contributed by atoms with van der Waals surface area (Å²) in [4.78, 5) is 42.7. The number of hydrogen-bond donors (Lipinski definition) is 3. The number of hydrogen-bond acceptors (Lipinski definition) is 5. The van der Waals surface area contributed by atoms with E-state index in [1.54, 1.807) is 36.4 Å². The van der Waals surface area contributed by atoms with Crippen LogP contribution in [0.1, 0.15) is 22.3 Å². The largest absolute Gasteiger partial charge is 0.508 e. The van der Waals surface area contributed by atoms with Crippen molar-refractivity contribution in [2.24, 2.45) is 11.8 Å². The van der Waals surface area contributed by atoms with Crippen molar-refractivity contribution < 1.29 is 23.9 Å². The second-order valence-corrected chi connectivity index (χ2v) is 9.93. The number of halogens is 1. The molecule has 182 valence electrons. The van der Waals surface area contributed by atoms with Gasteiger partial charge in [-0.25, -0.2) is 9.29 Å². The van der Waals surface area contributed by atoms with Crippen LogP contribution in [0.15, 0.2) is 60.7 Å². The predicted molar refractivity (Wildman–Crippen MR) is 131 cm³/mol. The lowest BCUT2D eigenvalue weighted by molar-refractivity contribution is -0.130. The number of benzene rings is 3. The fourth-order valence-corrected chi connectivity index (χ4v) is 6.17. The van der Waals surface area contributed by atoms with Crippen molar-refractivity contribution in [2.75, 3.05) is 10.2 Å². The molecule has 4 atom stereocenters. The molecule has 7 nitrogen and oxygen atoms in total. The highest BCUT2D eigenvalue weighted by Gasteiger charge is 2.70. The Morgan fingerprint density at radius 2 is 1.64 bits per heavy atom. The molecular weight excluding hydrogens is 461 g/mol. The van der Waals surface area contributed by atoms with Crippen LogP contribution in [-0.2, 0) is 26.3 Å². The predicted octanol–water partition coefficient (Wildman–Crippen LogP) is 3.32. The number of nitrogens with one attached hydrogen (secondary N) is 2. The van der Waals surface area contributed by atoms with Crippen LogP contribution >= 0.6 is 0 Å². The Balaban J connectivity index is 1.51. The number of aromatic hydroxyl groups is 1. The van der Waals surface area contributed by atoms with Gasteiger partial charge in [-0.05, 0) is 79.4 Å². The summed E-state index contributed by atoms with van der Waals surface area (Å²) in [5.74, 6) is -3.66. The molecular formula is C28H24FN3O4. The van der Waals surface area contributed by atoms with Crippen molar-refractivity contribution in [2.45, 2.75) is 31.8 Å². The van der Waals surface area contributed by atoms with Gasteiger partial charge >= 0.3 is 0 Å². The van der Waals surface area contributed by atoms with E-state index in [9.17, 15) is 23.9 Å². The van der Waals surface area contributed by atoms with Crippen LogP contribution < -0.4 is 15.5 Å². The molecule has 3 N–H and O–H groups in total. The van der Waals surface area contributed by atoms with Crippen LogP contribution in [0.25, 0.3) is 0 Å². The van der Waals surface area contributed by atoms with Gasteiger partial charge in [0.2, 0.25) is 17.7 Å². The monoisotopic (exact) mass is 485 g/mol. The lowest BCUT2D eigenvalue weighted by Gasteiger charge is -2.29. The first-order valence-corrected chi connectivity index (χ1v) is 11.8. The lowest BCUT2D eigenvalue weighted by Crippen LogP contribution is -2.53. The molecule has 6 rings (SSSR count). The highest BCUT2D eigenvalue weighted by molar-refractivity contribution is 6.25. The minimum absolute atomic E-state index is 0.111. The van der Waals surface area contributed by atoms with Crippen LogP contribution in [0.2, 0.25) is 0 Å². The van der Waals surface area contributed by atoms with Crippen LogP contribution in [0.4, 0.5) is 15.8 Å². The summed E-state index contributed by atoms with van der Waals surface area (Å²) in [5, 5.41) is 15.8. The first kappa shape index (κ1) is 22.4. The minimum atomic E-state index is -1.58. The standard InChI is InChI=1S/C28H24FN3O4/c1-14-9-15(2)11-18(10-14)32-25(34)23-22(12-16-3-6-19(33)7-4-16)31-28(24(23)26(32)35)20-13-17(29)5-8-21(20)30-27(28)36/h3-11,13,22-24,31,33H,12H2,1-2H3,(H,30,36)/t22-,23+,24-,28-/m0/s1. The summed E-state index contributed by atoms with van der Waals surface area (Å²) in [7, 11) is 0. The van der Waals surface area contributed by atoms with Gasteiger partial charge in [-0.2, -0.15) is 0 Å². The summed E-state index contributed by atoms with van der Waals surface area (Å²) in [5.41, 5.74) is 2.27. The maximum atomic E-state index is 14.4. The second-order valence-electron chi connectivity index (χ2n) is 9.93. The van der Waals surface area contributed by atoms with Gasteiger partial charge in [-0.15, -0.1) is 0 Å². The molecule has 2 saturated heterocycles. The number of amides is 3. The summed E-state index contributed by atoms with van der Waals surface area (Å²) >= 11 is 0. The van der Waals surface area contributed by atoms with Gasteiger partial charge in [0.05, 0.1) is 17.5 Å². The van der Waals surface area contributed by atoms with E-state index in [2.05, 4.69) is 10.6 Å². The van der Waals surface area contributed by atoms with Gasteiger partial charge in [-0.3, -0.25) is 19.7 Å². The number of rotatable bonds is 3. The van der Waals surface area contributed by atoms with Gasteiger partial charge in [0.15, 0.2) is 0 Å². The van der Waals surface area contributed by atoms with Crippen molar-refractivity contribution >= 4 is 29.1 Å². The van der Waals surface area contributed by atoms with Gasteiger partial charge in [0.25, 0.3) is 0 Å². The molecule has 0 unspecified atom stereocenters. The quantitative estimate of drug-likeness (QED) is 0.495. The number of imide groups is 1. The molecule has 3 aromatic rings. The molecule has 36 heavy (non-hydrogen) atoms. The van der Waals surface area contributed by atoms with E-state index in [0.717, 1.165) is 16.7 Å². The third-order valence-electron chi connectivity index (χ3n) is 7.53. The van der Waals surface area contributed by atoms with E-state index in [-0.39, 0.29) is 11.7 Å². The average molecular weight is 486 g/mol. The SMILES string of the molecule is Cc1cc(C)cc(N2C(=O)[C@@H]3[C@H](Cc4ccc(O)cc4)N[C@]4(C(=O)Nc5ccc(F)cc54)[C@@H]3C2=O)c1. The van der Waals surface area contributed by atoms with Crippen LogP contribution in [0, 0.1) is 31.5 Å². The highest BCUT2D eigenvalue weighted by Crippen LogP contribution is 2.54. The molecule has 3 aliphatic heterocycles. The van der Waals surface area contributed by atoms with E-state index in [0.29, 0.717) is 23.4 Å². The van der Waals surface area contributed by atoms with Crippen molar-refractivity contribution in [3.63, 3.8) is 0 Å². The molecule has 0 aliphatic carbocycles. The Bertz CT molecular complexity index is 1430. The number of aryl methyl sites for hydroxylation is 2. The van der Waals surface area contributed by atoms with Gasteiger partial charge in [0, 0.05) is 17.3 Å². The van der Waals surface area contributed by atoms with E-state index in [1.807, 2.05) is 19.9 Å². The zero-order valence-electron chi connectivity index (χ0n) is 19.7. The van der Waals surface area contributed by atoms with Gasteiger partial charge in [0.1, 0.15) is 17.1 Å². The normalized spacial score (nSPS) is 26.5. The Morgan fingerprint density at radius 1 is 0.944 bits per heavy atom. The molecule has 0 aromatic heterocycles. The smallest absolute Gasteiger partial charge is 0.250 e. The molecule has 3 aromatic carbocycles. The Hall–Kier alpha value is -4.04. The Morgan fingerprint density at radius 3 is 2.33 bits per heavy atom. The van der Waals surface area contributed by atoms with Crippen LogP contribution in [0.3, 0.4) is 0 Å². The summed E-state index contributed by atoms with van der Waals surface area (Å²) in [6.07, 6.45) is 0.334. The average Bonchev–Trinajstić information content (AvgIpc) is 3.39. The van der Waals surface area contributed by atoms with Crippen molar-refractivity contribution in [3.05, 3.63) is 88.7 Å². The number of nitrogens with zero attached hydrogens (tertiary/aromatic N) is 1. The zero-order valence-corrected chi connectivity index (χ0v) is 19.7. The fourth-order valence-electron chi connectivity index (χ4n) is 6.17. The second kappa shape index (κ2) is 7.73. The molecule has 3 amide bonds. The molecule has 1 spiro atoms. The summed E-state index contributed by atoms with van der Waals surface area (Å²) in [6.45, 7) is 3.78. The molecule has 0 saturated carbocycles. The van der Waals surface area contributed by atoms with Gasteiger partial charge < -0.3 is 10.4 Å². The summed E-state index contributed by atoms with van der Waals surface area (Å²) in [6, 6.07) is 15.5. The fraction of sp³-hybridized carbons (Fsp3) is 0.250. The van der Waals surface area contributed by atoms with Crippen molar-refractivity contribution in [1.82, 2.24) is 5.32 Å². The number of fused-ring (bicyclic) bond motifs is 4. The maximum Gasteiger partial charge on any atom is 0.250 e. The third kappa shape index (κ3) is 3.10. The van der Waals surface area contributed by atoms with E-state index in [1.165, 1.54) is 23.1 Å². The molecule has 0 radical (unpaired) electrons. The molecule has 0 bridgehead atoms. The topological polar surface area (TPSA) is 98.7 Å². The van der Waals surface area contributed by atoms with E-state index in [4.69, 9.17) is 0 Å². The summed E-state index contributed by atoms with van der Waals surface area (Å²) < 4.78 is 14.4. The first-order chi connectivity index (χ1) is 17.2. The Kier molecular flexibility index (Phi) is 4.82. The van der Waals surface area contributed by atoms with E-state index >= 15 is 0 Å². The molecule has 3 aliphatic rings. The number of phenols is 1. The van der Waals surface area contributed by atoms with Crippen molar-refractivity contribution in [3.8, 4) is 5.75 Å². The van der Waals surface area contributed by atoms with Crippen molar-refractivity contribution in [1.29, 1.82) is 0 Å². The zero-order chi connectivity index (χ0) is 25.4. The van der Waals surface area contributed by atoms with Crippen LogP contribution in [-0.4, -0.2) is 28.9 Å². The third-order valence-corrected chi connectivity index (χ3v) is 7.53. The molecule has 8 heteroatoms. The first-order valence-electron chi connectivity index (χ1n) is 11.8. The van der Waals surface area contributed by atoms with Gasteiger partial charge in [-0.1, -0.05) is 18.2 Å².